The molecule has 0 radical (unpaired) electrons. The van der Waals surface area contributed by atoms with Gasteiger partial charge in [0, 0.05) is 32.4 Å². The molecule has 1 aromatic carbocycles. The zero-order valence-electron chi connectivity index (χ0n) is 10.3. The van der Waals surface area contributed by atoms with Gasteiger partial charge in [0.1, 0.15) is 4.99 Å². The number of hydrogen-bond donors (Lipinski definition) is 1. The van der Waals surface area contributed by atoms with Gasteiger partial charge in [0.2, 0.25) is 5.91 Å². The molecule has 1 rings (SSSR count). The maximum atomic E-state index is 11.6. The van der Waals surface area contributed by atoms with E-state index in [0.29, 0.717) is 11.5 Å². The zero-order chi connectivity index (χ0) is 13.0. The number of nitrogens with two attached hydrogens (primary N) is 1. The van der Waals surface area contributed by atoms with Crippen molar-refractivity contribution in [2.24, 2.45) is 5.73 Å². The van der Waals surface area contributed by atoms with Crippen molar-refractivity contribution in [2.75, 3.05) is 32.6 Å². The molecule has 0 aromatic heterocycles. The van der Waals surface area contributed by atoms with Crippen molar-refractivity contribution in [1.82, 2.24) is 4.90 Å². The molecule has 1 amide bonds. The molecule has 0 saturated carbocycles. The molecule has 0 aliphatic carbocycles. The van der Waals surface area contributed by atoms with Gasteiger partial charge in [0.05, 0.1) is 6.54 Å². The molecule has 0 spiro atoms. The van der Waals surface area contributed by atoms with Crippen LogP contribution in [0.1, 0.15) is 5.56 Å². The average molecular weight is 251 g/mol. The molecule has 1 aromatic rings. The van der Waals surface area contributed by atoms with E-state index >= 15 is 0 Å². The summed E-state index contributed by atoms with van der Waals surface area (Å²) in [7, 11) is 5.31. The Morgan fingerprint density at radius 2 is 1.88 bits per heavy atom. The van der Waals surface area contributed by atoms with E-state index in [0.717, 1.165) is 11.3 Å². The topological polar surface area (TPSA) is 49.6 Å². The lowest BCUT2D eigenvalue weighted by Gasteiger charge is -2.23. The molecule has 0 heterocycles. The van der Waals surface area contributed by atoms with E-state index in [9.17, 15) is 4.79 Å². The number of carbonyl (C=O) groups is 1. The molecule has 0 fully saturated rings. The summed E-state index contributed by atoms with van der Waals surface area (Å²) >= 11 is 4.99. The largest absolute Gasteiger partial charge is 0.389 e. The normalized spacial score (nSPS) is 9.82. The number of carbonyl (C=O) groups excluding carboxylic acids is 1. The highest BCUT2D eigenvalue weighted by atomic mass is 32.1. The number of likely N-dealkylation sites (N-methyl/N-ethyl adjacent to an activating group) is 2. The fourth-order valence-corrected chi connectivity index (χ4v) is 1.62. The summed E-state index contributed by atoms with van der Waals surface area (Å²) in [6, 6.07) is 7.53. The van der Waals surface area contributed by atoms with Gasteiger partial charge in [-0.3, -0.25) is 4.79 Å². The van der Waals surface area contributed by atoms with Crippen LogP contribution in [0, 0.1) is 0 Å². The number of anilines is 1. The first-order valence-corrected chi connectivity index (χ1v) is 5.64. The molecule has 5 heteroatoms. The van der Waals surface area contributed by atoms with Crippen molar-refractivity contribution >= 4 is 28.8 Å². The molecular weight excluding hydrogens is 234 g/mol. The molecule has 92 valence electrons. The minimum Gasteiger partial charge on any atom is -0.389 e. The first kappa shape index (κ1) is 13.4. The number of benzene rings is 1. The van der Waals surface area contributed by atoms with E-state index < -0.39 is 0 Å². The maximum absolute atomic E-state index is 11.6. The minimum absolute atomic E-state index is 0.0326. The molecule has 4 nitrogen and oxygen atoms in total. The molecule has 0 unspecified atom stereocenters. The van der Waals surface area contributed by atoms with E-state index in [1.54, 1.807) is 19.0 Å². The molecule has 0 aliphatic heterocycles. The van der Waals surface area contributed by atoms with E-state index in [1.807, 2.05) is 36.2 Å². The van der Waals surface area contributed by atoms with Gasteiger partial charge >= 0.3 is 0 Å². The van der Waals surface area contributed by atoms with Crippen molar-refractivity contribution in [3.63, 3.8) is 0 Å². The Morgan fingerprint density at radius 3 is 2.41 bits per heavy atom. The van der Waals surface area contributed by atoms with Gasteiger partial charge in [0.15, 0.2) is 0 Å². The lowest BCUT2D eigenvalue weighted by atomic mass is 10.1. The SMILES string of the molecule is CN(C)C(=O)CN(C)c1ccccc1C(N)=S. The predicted molar refractivity (Wildman–Crippen MR) is 74.3 cm³/mol. The number of para-hydroxylation sites is 1. The quantitative estimate of drug-likeness (QED) is 0.806. The summed E-state index contributed by atoms with van der Waals surface area (Å²) < 4.78 is 0. The van der Waals surface area contributed by atoms with Gasteiger partial charge in [-0.05, 0) is 12.1 Å². The standard InChI is InChI=1S/C12H17N3OS/c1-14(2)11(16)8-15(3)10-7-5-4-6-9(10)12(13)17/h4-7H,8H2,1-3H3,(H2,13,17). The van der Waals surface area contributed by atoms with E-state index in [2.05, 4.69) is 0 Å². The van der Waals surface area contributed by atoms with Crippen LogP contribution in [0.3, 0.4) is 0 Å². The minimum atomic E-state index is 0.0326. The van der Waals surface area contributed by atoms with E-state index in [4.69, 9.17) is 18.0 Å². The fraction of sp³-hybridized carbons (Fsp3) is 0.333. The zero-order valence-corrected chi connectivity index (χ0v) is 11.1. The highest BCUT2D eigenvalue weighted by Gasteiger charge is 2.13. The monoisotopic (exact) mass is 251 g/mol. The molecule has 0 saturated heterocycles. The van der Waals surface area contributed by atoms with Crippen molar-refractivity contribution < 1.29 is 4.79 Å². The average Bonchev–Trinajstić information content (AvgIpc) is 2.28. The Kier molecular flexibility index (Phi) is 4.45. The molecule has 0 aliphatic rings. The molecule has 2 N–H and O–H groups in total. The smallest absolute Gasteiger partial charge is 0.241 e. The number of thiocarbonyl (C=S) groups is 1. The Hall–Kier alpha value is -1.62. The van der Waals surface area contributed by atoms with Crippen LogP contribution in [-0.2, 0) is 4.79 Å². The Labute approximate surface area is 107 Å². The first-order chi connectivity index (χ1) is 7.93. The third-order valence-electron chi connectivity index (χ3n) is 2.45. The number of nitrogens with zero attached hydrogens (tertiary/aromatic N) is 2. The summed E-state index contributed by atoms with van der Waals surface area (Å²) in [6.45, 7) is 0.298. The van der Waals surface area contributed by atoms with Gasteiger partial charge in [-0.2, -0.15) is 0 Å². The third kappa shape index (κ3) is 3.42. The molecule has 17 heavy (non-hydrogen) atoms. The van der Waals surface area contributed by atoms with Gasteiger partial charge < -0.3 is 15.5 Å². The van der Waals surface area contributed by atoms with E-state index in [1.165, 1.54) is 0 Å². The van der Waals surface area contributed by atoms with Crippen LogP contribution < -0.4 is 10.6 Å². The number of rotatable bonds is 4. The number of amides is 1. The van der Waals surface area contributed by atoms with Crippen LogP contribution in [0.5, 0.6) is 0 Å². The maximum Gasteiger partial charge on any atom is 0.241 e. The summed E-state index contributed by atoms with van der Waals surface area (Å²) in [5.41, 5.74) is 7.31. The second-order valence-electron chi connectivity index (χ2n) is 4.03. The van der Waals surface area contributed by atoms with Crippen LogP contribution in [0.4, 0.5) is 5.69 Å². The molecular formula is C12H17N3OS. The summed E-state index contributed by atoms with van der Waals surface area (Å²) in [6.07, 6.45) is 0. The van der Waals surface area contributed by atoms with Gasteiger partial charge in [-0.15, -0.1) is 0 Å². The molecule has 0 atom stereocenters. The van der Waals surface area contributed by atoms with Crippen molar-refractivity contribution in [3.05, 3.63) is 29.8 Å². The highest BCUT2D eigenvalue weighted by Crippen LogP contribution is 2.18. The lowest BCUT2D eigenvalue weighted by molar-refractivity contribution is -0.127. The van der Waals surface area contributed by atoms with Gasteiger partial charge in [-0.1, -0.05) is 24.4 Å². The highest BCUT2D eigenvalue weighted by molar-refractivity contribution is 7.80. The van der Waals surface area contributed by atoms with Crippen LogP contribution in [0.2, 0.25) is 0 Å². The molecule has 0 bridgehead atoms. The van der Waals surface area contributed by atoms with Gasteiger partial charge in [-0.25, -0.2) is 0 Å². The second kappa shape index (κ2) is 5.63. The Bertz CT molecular complexity index is 432. The summed E-state index contributed by atoms with van der Waals surface area (Å²) in [5, 5.41) is 0. The number of hydrogen-bond acceptors (Lipinski definition) is 3. The fourth-order valence-electron chi connectivity index (χ4n) is 1.44. The summed E-state index contributed by atoms with van der Waals surface area (Å²) in [4.78, 5) is 15.4. The predicted octanol–water partition coefficient (Wildman–Crippen LogP) is 0.845. The van der Waals surface area contributed by atoms with Crippen LogP contribution in [0.25, 0.3) is 0 Å². The second-order valence-corrected chi connectivity index (χ2v) is 4.47. The van der Waals surface area contributed by atoms with Crippen LogP contribution in [-0.4, -0.2) is 43.5 Å². The Balaban J connectivity index is 2.92. The van der Waals surface area contributed by atoms with Crippen molar-refractivity contribution in [3.8, 4) is 0 Å². The lowest BCUT2D eigenvalue weighted by Crippen LogP contribution is -2.35. The van der Waals surface area contributed by atoms with Crippen molar-refractivity contribution in [2.45, 2.75) is 0 Å². The Morgan fingerprint density at radius 1 is 1.29 bits per heavy atom. The summed E-state index contributed by atoms with van der Waals surface area (Å²) in [5.74, 6) is 0.0326. The van der Waals surface area contributed by atoms with Gasteiger partial charge in [0.25, 0.3) is 0 Å². The van der Waals surface area contributed by atoms with Crippen LogP contribution in [0.15, 0.2) is 24.3 Å². The first-order valence-electron chi connectivity index (χ1n) is 5.23. The third-order valence-corrected chi connectivity index (χ3v) is 2.67. The van der Waals surface area contributed by atoms with Crippen LogP contribution >= 0.6 is 12.2 Å². The van der Waals surface area contributed by atoms with Crippen molar-refractivity contribution in [1.29, 1.82) is 0 Å². The van der Waals surface area contributed by atoms with E-state index in [-0.39, 0.29) is 5.91 Å².